The van der Waals surface area contributed by atoms with Crippen molar-refractivity contribution in [3.8, 4) is 5.75 Å². The van der Waals surface area contributed by atoms with E-state index in [1.807, 2.05) is 6.92 Å². The number of sulfonamides is 1. The van der Waals surface area contributed by atoms with Crippen molar-refractivity contribution in [3.63, 3.8) is 0 Å². The van der Waals surface area contributed by atoms with E-state index in [1.165, 1.54) is 30.6 Å². The Balaban J connectivity index is 2.27. The molecule has 1 amide bonds. The maximum atomic E-state index is 13.0. The van der Waals surface area contributed by atoms with E-state index in [-0.39, 0.29) is 10.8 Å². The molecule has 0 aliphatic heterocycles. The Morgan fingerprint density at radius 3 is 2.25 bits per heavy atom. The highest BCUT2D eigenvalue weighted by Gasteiger charge is 2.24. The second-order valence-electron chi connectivity index (χ2n) is 6.41. The first-order valence-electron chi connectivity index (χ1n) is 9.38. The van der Waals surface area contributed by atoms with Crippen molar-refractivity contribution in [2.24, 2.45) is 0 Å². The van der Waals surface area contributed by atoms with Crippen LogP contribution in [0.4, 0.5) is 5.69 Å². The number of carbonyl (C=O) groups is 1. The van der Waals surface area contributed by atoms with Crippen LogP contribution >= 0.6 is 0 Å². The molecule has 0 saturated heterocycles. The van der Waals surface area contributed by atoms with Gasteiger partial charge in [-0.25, -0.2) is 8.42 Å². The van der Waals surface area contributed by atoms with Crippen LogP contribution in [0.5, 0.6) is 5.75 Å². The molecule has 0 saturated carbocycles. The molecule has 0 radical (unpaired) electrons. The summed E-state index contributed by atoms with van der Waals surface area (Å²) in [6, 6.07) is 13.0. The molecule has 0 aliphatic carbocycles. The van der Waals surface area contributed by atoms with Gasteiger partial charge >= 0.3 is 0 Å². The summed E-state index contributed by atoms with van der Waals surface area (Å²) in [6.45, 7) is 5.34. The highest BCUT2D eigenvalue weighted by Crippen LogP contribution is 2.30. The average molecular weight is 405 g/mol. The summed E-state index contributed by atoms with van der Waals surface area (Å²) in [7, 11) is -0.799. The molecule has 2 aromatic carbocycles. The number of amides is 1. The number of hydrogen-bond donors (Lipinski definition) is 0. The lowest BCUT2D eigenvalue weighted by Crippen LogP contribution is -2.32. The van der Waals surface area contributed by atoms with Gasteiger partial charge in [-0.05, 0) is 49.7 Å². The Morgan fingerprint density at radius 1 is 1.04 bits per heavy atom. The molecule has 0 aromatic heterocycles. The van der Waals surface area contributed by atoms with E-state index in [1.54, 1.807) is 41.3 Å². The number of hydrogen-bond acceptors (Lipinski definition) is 4. The average Bonchev–Trinajstić information content (AvgIpc) is 2.73. The molecule has 2 rings (SSSR count). The van der Waals surface area contributed by atoms with E-state index in [4.69, 9.17) is 4.74 Å². The molecule has 28 heavy (non-hydrogen) atoms. The van der Waals surface area contributed by atoms with Crippen LogP contribution in [0.1, 0.15) is 37.0 Å². The van der Waals surface area contributed by atoms with Crippen LogP contribution in [0.3, 0.4) is 0 Å². The first-order chi connectivity index (χ1) is 13.4. The SMILES string of the molecule is CCCCN(CC)C(=O)c1ccc(S(=O)(=O)N(C)c2ccccc2OC)cc1. The second-order valence-corrected chi connectivity index (χ2v) is 8.38. The van der Waals surface area contributed by atoms with Crippen LogP contribution in [0.15, 0.2) is 53.4 Å². The van der Waals surface area contributed by atoms with Gasteiger partial charge in [0.25, 0.3) is 15.9 Å². The van der Waals surface area contributed by atoms with Gasteiger partial charge in [0.2, 0.25) is 0 Å². The van der Waals surface area contributed by atoms with Gasteiger partial charge in [0.15, 0.2) is 0 Å². The minimum atomic E-state index is -3.78. The van der Waals surface area contributed by atoms with E-state index in [0.29, 0.717) is 30.1 Å². The van der Waals surface area contributed by atoms with Crippen LogP contribution < -0.4 is 9.04 Å². The molecule has 6 nitrogen and oxygen atoms in total. The number of benzene rings is 2. The van der Waals surface area contributed by atoms with Gasteiger partial charge in [0.1, 0.15) is 5.75 Å². The third-order valence-corrected chi connectivity index (χ3v) is 6.42. The summed E-state index contributed by atoms with van der Waals surface area (Å²) in [5, 5.41) is 0. The Morgan fingerprint density at radius 2 is 1.68 bits per heavy atom. The van der Waals surface area contributed by atoms with E-state index in [2.05, 4.69) is 6.92 Å². The van der Waals surface area contributed by atoms with Crippen molar-refractivity contribution in [1.82, 2.24) is 4.90 Å². The molecule has 0 bridgehead atoms. The van der Waals surface area contributed by atoms with E-state index in [9.17, 15) is 13.2 Å². The lowest BCUT2D eigenvalue weighted by Gasteiger charge is -2.22. The largest absolute Gasteiger partial charge is 0.495 e. The van der Waals surface area contributed by atoms with Gasteiger partial charge < -0.3 is 9.64 Å². The van der Waals surface area contributed by atoms with Gasteiger partial charge in [-0.15, -0.1) is 0 Å². The predicted octanol–water partition coefficient (Wildman–Crippen LogP) is 3.78. The van der Waals surface area contributed by atoms with Crippen LogP contribution in [0.2, 0.25) is 0 Å². The standard InChI is InChI=1S/C21H28N2O4S/c1-5-7-16-23(6-2)21(24)17-12-14-18(15-13-17)28(25,26)22(3)19-10-8-9-11-20(19)27-4/h8-15H,5-7,16H2,1-4H3. The summed E-state index contributed by atoms with van der Waals surface area (Å²) >= 11 is 0. The maximum Gasteiger partial charge on any atom is 0.264 e. The molecule has 0 heterocycles. The first-order valence-corrected chi connectivity index (χ1v) is 10.8. The third kappa shape index (κ3) is 4.65. The van der Waals surface area contributed by atoms with Gasteiger partial charge in [0, 0.05) is 25.7 Å². The summed E-state index contributed by atoms with van der Waals surface area (Å²) in [6.07, 6.45) is 1.95. The molecule has 0 aliphatic rings. The molecular weight excluding hydrogens is 376 g/mol. The molecular formula is C21H28N2O4S. The number of ether oxygens (including phenoxy) is 1. The number of para-hydroxylation sites is 2. The Kier molecular flexibility index (Phi) is 7.45. The Bertz CT molecular complexity index is 895. The lowest BCUT2D eigenvalue weighted by molar-refractivity contribution is 0.0762. The third-order valence-electron chi connectivity index (χ3n) is 4.63. The summed E-state index contributed by atoms with van der Waals surface area (Å²) in [4.78, 5) is 14.5. The molecule has 0 atom stereocenters. The number of unbranched alkanes of at least 4 members (excludes halogenated alkanes) is 1. The highest BCUT2D eigenvalue weighted by atomic mass is 32.2. The van der Waals surface area contributed by atoms with E-state index < -0.39 is 10.0 Å². The van der Waals surface area contributed by atoms with Crippen molar-refractivity contribution in [2.45, 2.75) is 31.6 Å². The fraction of sp³-hybridized carbons (Fsp3) is 0.381. The molecule has 0 fully saturated rings. The molecule has 0 spiro atoms. The second kappa shape index (κ2) is 9.59. The quantitative estimate of drug-likeness (QED) is 0.638. The van der Waals surface area contributed by atoms with Crippen molar-refractivity contribution >= 4 is 21.6 Å². The monoisotopic (exact) mass is 404 g/mol. The number of carbonyl (C=O) groups excluding carboxylic acids is 1. The minimum Gasteiger partial charge on any atom is -0.495 e. The smallest absolute Gasteiger partial charge is 0.264 e. The van der Waals surface area contributed by atoms with Crippen molar-refractivity contribution < 1.29 is 17.9 Å². The minimum absolute atomic E-state index is 0.0852. The van der Waals surface area contributed by atoms with E-state index in [0.717, 1.165) is 12.8 Å². The van der Waals surface area contributed by atoms with Crippen molar-refractivity contribution in [1.29, 1.82) is 0 Å². The fourth-order valence-electron chi connectivity index (χ4n) is 2.88. The molecule has 152 valence electrons. The highest BCUT2D eigenvalue weighted by molar-refractivity contribution is 7.92. The summed E-state index contributed by atoms with van der Waals surface area (Å²) in [5.41, 5.74) is 0.929. The van der Waals surface area contributed by atoms with Crippen LogP contribution in [-0.4, -0.2) is 46.5 Å². The Hall–Kier alpha value is -2.54. The summed E-state index contributed by atoms with van der Waals surface area (Å²) < 4.78 is 32.4. The molecule has 7 heteroatoms. The summed E-state index contributed by atoms with van der Waals surface area (Å²) in [5.74, 6) is 0.382. The maximum absolute atomic E-state index is 13.0. The van der Waals surface area contributed by atoms with Crippen LogP contribution in [0.25, 0.3) is 0 Å². The number of methoxy groups -OCH3 is 1. The van der Waals surface area contributed by atoms with Gasteiger partial charge in [-0.2, -0.15) is 0 Å². The zero-order valence-electron chi connectivity index (χ0n) is 16.9. The van der Waals surface area contributed by atoms with Gasteiger partial charge in [-0.3, -0.25) is 9.10 Å². The van der Waals surface area contributed by atoms with E-state index >= 15 is 0 Å². The molecule has 0 unspecified atom stereocenters. The normalized spacial score (nSPS) is 11.1. The number of anilines is 1. The Labute approximate surface area is 167 Å². The van der Waals surface area contributed by atoms with Crippen LogP contribution in [-0.2, 0) is 10.0 Å². The van der Waals surface area contributed by atoms with Gasteiger partial charge in [0.05, 0.1) is 17.7 Å². The lowest BCUT2D eigenvalue weighted by atomic mass is 10.2. The van der Waals surface area contributed by atoms with Crippen molar-refractivity contribution in [3.05, 3.63) is 54.1 Å². The van der Waals surface area contributed by atoms with Crippen molar-refractivity contribution in [2.75, 3.05) is 31.6 Å². The van der Waals surface area contributed by atoms with Gasteiger partial charge in [-0.1, -0.05) is 25.5 Å². The zero-order valence-corrected chi connectivity index (χ0v) is 17.7. The number of nitrogens with zero attached hydrogens (tertiary/aromatic N) is 2. The fourth-order valence-corrected chi connectivity index (χ4v) is 4.09. The number of rotatable bonds is 9. The molecule has 2 aromatic rings. The van der Waals surface area contributed by atoms with Crippen LogP contribution in [0, 0.1) is 0 Å². The zero-order chi connectivity index (χ0) is 20.7. The molecule has 0 N–H and O–H groups in total. The first kappa shape index (κ1) is 21.8. The topological polar surface area (TPSA) is 66.9 Å². The predicted molar refractivity (Wildman–Crippen MR) is 112 cm³/mol.